The monoisotopic (exact) mass is 498 g/mol. The number of hydrogen-bond donors (Lipinski definition) is 0. The van der Waals surface area contributed by atoms with Crippen LogP contribution in [0, 0.1) is 0 Å². The quantitative estimate of drug-likeness (QED) is 0.364. The van der Waals surface area contributed by atoms with Gasteiger partial charge in [0.15, 0.2) is 11.5 Å². The number of nitrogens with zero attached hydrogens (tertiary/aromatic N) is 2. The Bertz CT molecular complexity index is 1320. The number of esters is 2. The molecule has 1 aliphatic heterocycles. The highest BCUT2D eigenvalue weighted by atomic mass is 35.5. The lowest BCUT2D eigenvalue weighted by Gasteiger charge is -2.20. The van der Waals surface area contributed by atoms with Gasteiger partial charge in [-0.2, -0.15) is 5.01 Å². The van der Waals surface area contributed by atoms with E-state index < -0.39 is 24.1 Å². The van der Waals surface area contributed by atoms with Crippen LogP contribution in [0.3, 0.4) is 0 Å². The van der Waals surface area contributed by atoms with Crippen LogP contribution in [0.25, 0.3) is 0 Å². The van der Waals surface area contributed by atoms with Crippen molar-refractivity contribution < 1.29 is 37.7 Å². The molecule has 1 atom stereocenters. The molecule has 0 saturated carbocycles. The van der Waals surface area contributed by atoms with E-state index in [1.54, 1.807) is 24.3 Å². The third kappa shape index (κ3) is 5.12. The van der Waals surface area contributed by atoms with Gasteiger partial charge in [-0.15, -0.1) is 5.10 Å². The number of ether oxygens (including phenoxy) is 4. The van der Waals surface area contributed by atoms with Crippen LogP contribution in [0.5, 0.6) is 17.2 Å². The zero-order chi connectivity index (χ0) is 25.1. The predicted molar refractivity (Wildman–Crippen MR) is 122 cm³/mol. The van der Waals surface area contributed by atoms with Crippen LogP contribution in [0.1, 0.15) is 41.8 Å². The second-order valence-corrected chi connectivity index (χ2v) is 7.69. The molecule has 3 aromatic rings. The van der Waals surface area contributed by atoms with Crippen molar-refractivity contribution in [1.82, 2.24) is 5.01 Å². The van der Waals surface area contributed by atoms with Crippen molar-refractivity contribution in [2.45, 2.75) is 20.1 Å². The average molecular weight is 499 g/mol. The zero-order valence-corrected chi connectivity index (χ0v) is 19.6. The smallest absolute Gasteiger partial charge is 0.379 e. The minimum atomic E-state index is -0.976. The number of carbonyl (C=O) groups excluding carboxylic acids is 3. The standard InChI is InChI=1S/C24H19ClN2O8/c1-13(28)27-23(35-22(26-27)17-12-16(25)7-9-18(17)33-14(2)29)15-6-8-19(21(11-15)31-3)34-24(30)20-5-4-10-32-20/h4-12,23H,1-3H3/t23-/m0/s1. The Morgan fingerprint density at radius 3 is 2.43 bits per heavy atom. The molecule has 0 bridgehead atoms. The lowest BCUT2D eigenvalue weighted by Crippen LogP contribution is -2.25. The first-order valence-electron chi connectivity index (χ1n) is 10.2. The molecule has 1 amide bonds. The molecule has 1 aromatic heterocycles. The first kappa shape index (κ1) is 23.8. The molecule has 11 heteroatoms. The van der Waals surface area contributed by atoms with Crippen molar-refractivity contribution in [1.29, 1.82) is 0 Å². The van der Waals surface area contributed by atoms with Crippen LogP contribution in [-0.4, -0.2) is 35.9 Å². The molecular weight excluding hydrogens is 480 g/mol. The molecule has 2 heterocycles. The summed E-state index contributed by atoms with van der Waals surface area (Å²) >= 11 is 6.12. The number of methoxy groups -OCH3 is 1. The largest absolute Gasteiger partial charge is 0.493 e. The highest BCUT2D eigenvalue weighted by Gasteiger charge is 2.35. The Morgan fingerprint density at radius 1 is 1.00 bits per heavy atom. The van der Waals surface area contributed by atoms with Gasteiger partial charge in [0.05, 0.1) is 18.9 Å². The molecule has 0 fully saturated rings. The summed E-state index contributed by atoms with van der Waals surface area (Å²) in [5.74, 6) is -1.08. The molecule has 180 valence electrons. The van der Waals surface area contributed by atoms with E-state index in [1.807, 2.05) is 0 Å². The van der Waals surface area contributed by atoms with Gasteiger partial charge in [-0.3, -0.25) is 9.59 Å². The number of furan rings is 1. The second-order valence-electron chi connectivity index (χ2n) is 7.25. The summed E-state index contributed by atoms with van der Waals surface area (Å²) in [5, 5.41) is 5.75. The van der Waals surface area contributed by atoms with Gasteiger partial charge >= 0.3 is 11.9 Å². The van der Waals surface area contributed by atoms with Gasteiger partial charge in [0.25, 0.3) is 0 Å². The normalized spacial score (nSPS) is 14.7. The first-order chi connectivity index (χ1) is 16.8. The highest BCUT2D eigenvalue weighted by Crippen LogP contribution is 2.37. The third-order valence-electron chi connectivity index (χ3n) is 4.79. The minimum absolute atomic E-state index is 0.0243. The van der Waals surface area contributed by atoms with E-state index >= 15 is 0 Å². The van der Waals surface area contributed by atoms with Crippen molar-refractivity contribution in [3.05, 3.63) is 76.7 Å². The Balaban J connectivity index is 1.64. The van der Waals surface area contributed by atoms with Gasteiger partial charge in [-0.1, -0.05) is 11.6 Å². The van der Waals surface area contributed by atoms with Crippen molar-refractivity contribution in [3.63, 3.8) is 0 Å². The number of hydrazone groups is 1. The molecule has 2 aromatic carbocycles. The van der Waals surface area contributed by atoms with Crippen molar-refractivity contribution in [2.75, 3.05) is 7.11 Å². The molecule has 35 heavy (non-hydrogen) atoms. The van der Waals surface area contributed by atoms with Crippen LogP contribution in [-0.2, 0) is 14.3 Å². The van der Waals surface area contributed by atoms with Crippen LogP contribution in [0.4, 0.5) is 0 Å². The predicted octanol–water partition coefficient (Wildman–Crippen LogP) is 4.33. The van der Waals surface area contributed by atoms with Crippen LogP contribution in [0.2, 0.25) is 5.02 Å². The summed E-state index contributed by atoms with van der Waals surface area (Å²) in [7, 11) is 1.40. The fraction of sp³-hybridized carbons (Fsp3) is 0.167. The van der Waals surface area contributed by atoms with Gasteiger partial charge in [-0.25, -0.2) is 4.79 Å². The molecule has 1 aliphatic rings. The van der Waals surface area contributed by atoms with Crippen molar-refractivity contribution in [3.8, 4) is 17.2 Å². The molecule has 0 N–H and O–H groups in total. The number of amides is 1. The fourth-order valence-electron chi connectivity index (χ4n) is 3.27. The van der Waals surface area contributed by atoms with Gasteiger partial charge in [0.2, 0.25) is 23.8 Å². The number of benzene rings is 2. The maximum absolute atomic E-state index is 12.4. The molecular formula is C24H19ClN2O8. The van der Waals surface area contributed by atoms with E-state index in [4.69, 9.17) is 35.0 Å². The molecule has 0 saturated heterocycles. The molecule has 0 spiro atoms. The Kier molecular flexibility index (Phi) is 6.74. The Morgan fingerprint density at radius 2 is 1.77 bits per heavy atom. The van der Waals surface area contributed by atoms with E-state index in [1.165, 1.54) is 51.5 Å². The number of halogens is 1. The Labute approximate surface area is 204 Å². The summed E-state index contributed by atoms with van der Waals surface area (Å²) in [5.41, 5.74) is 0.766. The van der Waals surface area contributed by atoms with Crippen LogP contribution < -0.4 is 14.2 Å². The molecule has 0 unspecified atom stereocenters. The second kappa shape index (κ2) is 9.90. The SMILES string of the molecule is COc1cc([C@@H]2OC(c3cc(Cl)ccc3OC(C)=O)=NN2C(C)=O)ccc1OC(=O)c1ccco1. The fourth-order valence-corrected chi connectivity index (χ4v) is 3.44. The van der Waals surface area contributed by atoms with E-state index in [-0.39, 0.29) is 34.5 Å². The van der Waals surface area contributed by atoms with Crippen molar-refractivity contribution in [2.24, 2.45) is 5.10 Å². The lowest BCUT2D eigenvalue weighted by molar-refractivity contribution is -0.135. The van der Waals surface area contributed by atoms with Crippen molar-refractivity contribution >= 4 is 35.3 Å². The zero-order valence-electron chi connectivity index (χ0n) is 18.8. The molecule has 4 rings (SSSR count). The van der Waals surface area contributed by atoms with Gasteiger partial charge in [0.1, 0.15) is 5.75 Å². The summed E-state index contributed by atoms with van der Waals surface area (Å²) < 4.78 is 27.0. The summed E-state index contributed by atoms with van der Waals surface area (Å²) in [4.78, 5) is 36.1. The molecule has 0 radical (unpaired) electrons. The third-order valence-corrected chi connectivity index (χ3v) is 5.03. The van der Waals surface area contributed by atoms with Gasteiger partial charge in [0, 0.05) is 24.4 Å². The van der Waals surface area contributed by atoms with Gasteiger partial charge in [-0.05, 0) is 48.5 Å². The maximum Gasteiger partial charge on any atom is 0.379 e. The summed E-state index contributed by atoms with van der Waals surface area (Å²) in [6, 6.07) is 12.2. The molecule has 10 nitrogen and oxygen atoms in total. The number of rotatable bonds is 6. The van der Waals surface area contributed by atoms with Gasteiger partial charge < -0.3 is 23.4 Å². The van der Waals surface area contributed by atoms with E-state index in [2.05, 4.69) is 5.10 Å². The average Bonchev–Trinajstić information content (AvgIpc) is 3.51. The molecule has 0 aliphatic carbocycles. The van der Waals surface area contributed by atoms with Crippen LogP contribution in [0.15, 0.2) is 64.3 Å². The van der Waals surface area contributed by atoms with Crippen LogP contribution >= 0.6 is 11.6 Å². The lowest BCUT2D eigenvalue weighted by atomic mass is 10.1. The topological polar surface area (TPSA) is 117 Å². The Hall–Kier alpha value is -4.31. The van der Waals surface area contributed by atoms with E-state index in [9.17, 15) is 14.4 Å². The summed E-state index contributed by atoms with van der Waals surface area (Å²) in [6.45, 7) is 2.58. The highest BCUT2D eigenvalue weighted by molar-refractivity contribution is 6.31. The maximum atomic E-state index is 12.4. The minimum Gasteiger partial charge on any atom is -0.493 e. The number of carbonyl (C=O) groups is 3. The number of hydrogen-bond acceptors (Lipinski definition) is 9. The van der Waals surface area contributed by atoms with E-state index in [0.717, 1.165) is 5.01 Å². The van der Waals surface area contributed by atoms with E-state index in [0.29, 0.717) is 10.6 Å². The first-order valence-corrected chi connectivity index (χ1v) is 10.6. The summed E-state index contributed by atoms with van der Waals surface area (Å²) in [6.07, 6.45) is 0.380.